The van der Waals surface area contributed by atoms with Crippen molar-refractivity contribution in [3.05, 3.63) is 29.3 Å². The number of nitrogens with one attached hydrogen (secondary N) is 2. The molecule has 0 spiro atoms. The highest BCUT2D eigenvalue weighted by atomic mass is 16.2. The Balaban J connectivity index is 2.34. The van der Waals surface area contributed by atoms with Crippen molar-refractivity contribution in [2.45, 2.75) is 12.8 Å². The first-order valence-corrected chi connectivity index (χ1v) is 4.64. The average molecular weight is 205 g/mol. The number of hydrogen-bond donors (Lipinski definition) is 3. The molecule has 5 nitrogen and oxygen atoms in total. The Labute approximate surface area is 86.6 Å². The highest BCUT2D eigenvalue weighted by Gasteiger charge is 2.16. The van der Waals surface area contributed by atoms with Crippen LogP contribution in [0.25, 0.3) is 0 Å². The van der Waals surface area contributed by atoms with E-state index in [0.717, 1.165) is 11.3 Å². The molecule has 0 atom stereocenters. The van der Waals surface area contributed by atoms with E-state index in [2.05, 4.69) is 10.7 Å². The molecule has 2 amide bonds. The van der Waals surface area contributed by atoms with Gasteiger partial charge in [-0.3, -0.25) is 15.0 Å². The maximum absolute atomic E-state index is 11.2. The Morgan fingerprint density at radius 1 is 1.40 bits per heavy atom. The van der Waals surface area contributed by atoms with Gasteiger partial charge in [-0.1, -0.05) is 0 Å². The third-order valence-electron chi connectivity index (χ3n) is 2.39. The number of hydrogen-bond acceptors (Lipinski definition) is 3. The second kappa shape index (κ2) is 3.70. The Kier molecular flexibility index (Phi) is 2.39. The van der Waals surface area contributed by atoms with E-state index in [1.165, 1.54) is 0 Å². The highest BCUT2D eigenvalue weighted by molar-refractivity contribution is 5.97. The zero-order valence-corrected chi connectivity index (χ0v) is 8.04. The quantitative estimate of drug-likeness (QED) is 0.347. The summed E-state index contributed by atoms with van der Waals surface area (Å²) >= 11 is 0. The molecule has 4 N–H and O–H groups in total. The lowest BCUT2D eigenvalue weighted by molar-refractivity contribution is -0.116. The van der Waals surface area contributed by atoms with Gasteiger partial charge < -0.3 is 5.32 Å². The van der Waals surface area contributed by atoms with Crippen molar-refractivity contribution >= 4 is 17.5 Å². The van der Waals surface area contributed by atoms with E-state index in [1.807, 2.05) is 0 Å². The van der Waals surface area contributed by atoms with Gasteiger partial charge in [0.2, 0.25) is 5.91 Å². The number of aryl methyl sites for hydroxylation is 1. The van der Waals surface area contributed by atoms with Gasteiger partial charge >= 0.3 is 0 Å². The van der Waals surface area contributed by atoms with Crippen molar-refractivity contribution in [1.82, 2.24) is 5.43 Å². The van der Waals surface area contributed by atoms with E-state index in [0.29, 0.717) is 18.4 Å². The van der Waals surface area contributed by atoms with Crippen LogP contribution in [0, 0.1) is 0 Å². The fraction of sp³-hybridized carbons (Fsp3) is 0.200. The fourth-order valence-electron chi connectivity index (χ4n) is 1.61. The van der Waals surface area contributed by atoms with Gasteiger partial charge in [-0.2, -0.15) is 0 Å². The molecule has 0 bridgehead atoms. The smallest absolute Gasteiger partial charge is 0.265 e. The van der Waals surface area contributed by atoms with Crippen LogP contribution >= 0.6 is 0 Å². The lowest BCUT2D eigenvalue weighted by Gasteiger charge is -2.17. The van der Waals surface area contributed by atoms with Crippen LogP contribution < -0.4 is 16.6 Å². The summed E-state index contributed by atoms with van der Waals surface area (Å²) in [5, 5.41) is 2.74. The molecular weight excluding hydrogens is 194 g/mol. The van der Waals surface area contributed by atoms with E-state index >= 15 is 0 Å². The molecule has 0 aromatic heterocycles. The summed E-state index contributed by atoms with van der Waals surface area (Å²) in [4.78, 5) is 22.3. The Bertz CT molecular complexity index is 429. The minimum absolute atomic E-state index is 0.0125. The van der Waals surface area contributed by atoms with Gasteiger partial charge in [-0.15, -0.1) is 0 Å². The van der Waals surface area contributed by atoms with Crippen molar-refractivity contribution in [3.8, 4) is 0 Å². The first-order valence-electron chi connectivity index (χ1n) is 4.64. The molecule has 1 aliphatic rings. The Hall–Kier alpha value is -1.88. The van der Waals surface area contributed by atoms with E-state index in [1.54, 1.807) is 18.2 Å². The molecule has 0 saturated carbocycles. The summed E-state index contributed by atoms with van der Waals surface area (Å²) in [6.07, 6.45) is 1.12. The monoisotopic (exact) mass is 205 g/mol. The minimum Gasteiger partial charge on any atom is -0.326 e. The van der Waals surface area contributed by atoms with Crippen LogP contribution in [-0.4, -0.2) is 11.8 Å². The van der Waals surface area contributed by atoms with E-state index in [-0.39, 0.29) is 11.8 Å². The van der Waals surface area contributed by atoms with Crippen LogP contribution in [0.5, 0.6) is 0 Å². The van der Waals surface area contributed by atoms with Gasteiger partial charge in [0.05, 0.1) is 0 Å². The van der Waals surface area contributed by atoms with Crippen LogP contribution in [0.4, 0.5) is 5.69 Å². The van der Waals surface area contributed by atoms with Gasteiger partial charge in [0.25, 0.3) is 5.91 Å². The summed E-state index contributed by atoms with van der Waals surface area (Å²) in [5.74, 6) is 4.72. The predicted molar refractivity (Wildman–Crippen MR) is 55.0 cm³/mol. The van der Waals surface area contributed by atoms with Gasteiger partial charge in [-0.25, -0.2) is 5.84 Å². The number of fused-ring (bicyclic) bond motifs is 1. The Morgan fingerprint density at radius 2 is 2.20 bits per heavy atom. The van der Waals surface area contributed by atoms with Gasteiger partial charge in [0, 0.05) is 17.7 Å². The first kappa shape index (κ1) is 9.67. The fourth-order valence-corrected chi connectivity index (χ4v) is 1.61. The lowest BCUT2D eigenvalue weighted by atomic mass is 10.0. The standard InChI is InChI=1S/C10H11N3O2/c11-13-10(15)7-1-3-8-6(5-7)2-4-9(14)12-8/h1,3,5H,2,4,11H2,(H,12,14)(H,13,15). The second-order valence-corrected chi connectivity index (χ2v) is 3.39. The molecule has 0 fully saturated rings. The predicted octanol–water partition coefficient (Wildman–Crippen LogP) is 0.175. The molecule has 1 heterocycles. The number of carbonyl (C=O) groups excluding carboxylic acids is 2. The minimum atomic E-state index is -0.324. The van der Waals surface area contributed by atoms with Crippen molar-refractivity contribution in [1.29, 1.82) is 0 Å². The zero-order chi connectivity index (χ0) is 10.8. The summed E-state index contributed by atoms with van der Waals surface area (Å²) in [6, 6.07) is 5.10. The van der Waals surface area contributed by atoms with Crippen molar-refractivity contribution in [3.63, 3.8) is 0 Å². The molecule has 5 heteroatoms. The van der Waals surface area contributed by atoms with E-state index < -0.39 is 0 Å². The molecule has 0 saturated heterocycles. The van der Waals surface area contributed by atoms with E-state index in [4.69, 9.17) is 5.84 Å². The second-order valence-electron chi connectivity index (χ2n) is 3.39. The molecule has 0 unspecified atom stereocenters. The number of nitrogens with two attached hydrogens (primary N) is 1. The first-order chi connectivity index (χ1) is 7.20. The van der Waals surface area contributed by atoms with Crippen molar-refractivity contribution in [2.24, 2.45) is 5.84 Å². The number of rotatable bonds is 1. The molecule has 15 heavy (non-hydrogen) atoms. The molecule has 0 aliphatic carbocycles. The average Bonchev–Trinajstić information content (AvgIpc) is 2.27. The lowest BCUT2D eigenvalue weighted by Crippen LogP contribution is -2.30. The normalized spacial score (nSPS) is 14.1. The van der Waals surface area contributed by atoms with Gasteiger partial charge in [0.1, 0.15) is 0 Å². The molecule has 0 radical (unpaired) electrons. The van der Waals surface area contributed by atoms with Crippen LogP contribution in [0.15, 0.2) is 18.2 Å². The van der Waals surface area contributed by atoms with E-state index in [9.17, 15) is 9.59 Å². The van der Waals surface area contributed by atoms with Gasteiger partial charge in [0.15, 0.2) is 0 Å². The summed E-state index contributed by atoms with van der Waals surface area (Å²) < 4.78 is 0. The largest absolute Gasteiger partial charge is 0.326 e. The van der Waals surface area contributed by atoms with Crippen molar-refractivity contribution < 1.29 is 9.59 Å². The molecule has 78 valence electrons. The molecule has 1 aliphatic heterocycles. The number of benzene rings is 1. The maximum Gasteiger partial charge on any atom is 0.265 e. The van der Waals surface area contributed by atoms with Crippen molar-refractivity contribution in [2.75, 3.05) is 5.32 Å². The number of anilines is 1. The zero-order valence-electron chi connectivity index (χ0n) is 8.04. The molecule has 1 aromatic rings. The summed E-state index contributed by atoms with van der Waals surface area (Å²) in [5.41, 5.74) is 4.32. The number of hydrazine groups is 1. The highest BCUT2D eigenvalue weighted by Crippen LogP contribution is 2.23. The number of amides is 2. The molecule has 1 aromatic carbocycles. The third kappa shape index (κ3) is 1.82. The van der Waals surface area contributed by atoms with Crippen LogP contribution in [0.2, 0.25) is 0 Å². The molecule has 2 rings (SSSR count). The topological polar surface area (TPSA) is 84.2 Å². The maximum atomic E-state index is 11.2. The van der Waals surface area contributed by atoms with Gasteiger partial charge in [-0.05, 0) is 30.2 Å². The third-order valence-corrected chi connectivity index (χ3v) is 2.39. The van der Waals surface area contributed by atoms with Crippen LogP contribution in [0.3, 0.4) is 0 Å². The number of nitrogen functional groups attached to an aromatic ring is 1. The number of carbonyl (C=O) groups is 2. The molecular formula is C10H11N3O2. The Morgan fingerprint density at radius 3 is 2.93 bits per heavy atom. The SMILES string of the molecule is NNC(=O)c1ccc2c(c1)CCC(=O)N2. The van der Waals surface area contributed by atoms with Crippen LogP contribution in [-0.2, 0) is 11.2 Å². The summed E-state index contributed by atoms with van der Waals surface area (Å²) in [6.45, 7) is 0. The summed E-state index contributed by atoms with van der Waals surface area (Å²) in [7, 11) is 0. The van der Waals surface area contributed by atoms with Crippen LogP contribution in [0.1, 0.15) is 22.3 Å².